The van der Waals surface area contributed by atoms with Gasteiger partial charge in [0.15, 0.2) is 0 Å². The molecule has 0 saturated carbocycles. The van der Waals surface area contributed by atoms with Crippen LogP contribution in [0.15, 0.2) is 102 Å². The Bertz CT molecular complexity index is 1780. The van der Waals surface area contributed by atoms with Crippen LogP contribution in [0.3, 0.4) is 0 Å². The maximum atomic E-state index is 14.5. The number of sulfonamides is 1. The SMILES string of the molecule is Cc1ccc(N(CC(=O)N(Cc2ccc(F)cc2)[C@H](Cc2ccccc2)C(=O)NC(C)(C)C)S(=O)(=O)c2ccc(Cl)cc2)cc1C. The van der Waals surface area contributed by atoms with E-state index in [1.807, 2.05) is 65.0 Å². The van der Waals surface area contributed by atoms with Gasteiger partial charge in [-0.2, -0.15) is 0 Å². The normalized spacial score (nSPS) is 12.3. The van der Waals surface area contributed by atoms with Crippen LogP contribution in [-0.4, -0.2) is 43.3 Å². The number of nitrogens with zero attached hydrogens (tertiary/aromatic N) is 2. The van der Waals surface area contributed by atoms with Gasteiger partial charge >= 0.3 is 0 Å². The van der Waals surface area contributed by atoms with Crippen LogP contribution in [0.4, 0.5) is 10.1 Å². The molecule has 4 rings (SSSR count). The Hall–Kier alpha value is -4.21. The minimum absolute atomic E-state index is 0.0423. The monoisotopic (exact) mass is 663 g/mol. The first-order chi connectivity index (χ1) is 21.6. The molecule has 2 amide bonds. The molecule has 7 nitrogen and oxygen atoms in total. The molecule has 0 fully saturated rings. The van der Waals surface area contributed by atoms with E-state index in [1.54, 1.807) is 30.3 Å². The van der Waals surface area contributed by atoms with E-state index in [0.29, 0.717) is 16.3 Å². The first-order valence-electron chi connectivity index (χ1n) is 14.9. The summed E-state index contributed by atoms with van der Waals surface area (Å²) in [6.07, 6.45) is 0.170. The van der Waals surface area contributed by atoms with Crippen LogP contribution < -0.4 is 9.62 Å². The highest BCUT2D eigenvalue weighted by molar-refractivity contribution is 7.92. The van der Waals surface area contributed by atoms with Gasteiger partial charge in [-0.25, -0.2) is 12.8 Å². The molecule has 0 aliphatic heterocycles. The number of hydrogen-bond donors (Lipinski definition) is 1. The first kappa shape index (κ1) is 34.7. The summed E-state index contributed by atoms with van der Waals surface area (Å²) in [7, 11) is -4.26. The second-order valence-corrected chi connectivity index (χ2v) is 14.6. The molecule has 1 atom stereocenters. The van der Waals surface area contributed by atoms with Crippen molar-refractivity contribution in [3.63, 3.8) is 0 Å². The van der Waals surface area contributed by atoms with Crippen molar-refractivity contribution in [3.8, 4) is 0 Å². The molecule has 0 aliphatic rings. The van der Waals surface area contributed by atoms with Crippen molar-refractivity contribution in [2.75, 3.05) is 10.8 Å². The van der Waals surface area contributed by atoms with Crippen LogP contribution >= 0.6 is 11.6 Å². The Morgan fingerprint density at radius 3 is 2.07 bits per heavy atom. The number of anilines is 1. The summed E-state index contributed by atoms with van der Waals surface area (Å²) in [5.41, 5.74) is 2.88. The molecular weight excluding hydrogens is 625 g/mol. The number of carbonyl (C=O) groups excluding carboxylic acids is 2. The Kier molecular flexibility index (Phi) is 10.9. The van der Waals surface area contributed by atoms with E-state index in [2.05, 4.69) is 5.32 Å². The topological polar surface area (TPSA) is 86.8 Å². The van der Waals surface area contributed by atoms with Gasteiger partial charge in [0.2, 0.25) is 11.8 Å². The summed E-state index contributed by atoms with van der Waals surface area (Å²) in [5, 5.41) is 3.36. The number of aryl methyl sites for hydroxylation is 2. The average molecular weight is 664 g/mol. The van der Waals surface area contributed by atoms with Gasteiger partial charge in [0.1, 0.15) is 18.4 Å². The number of nitrogens with one attached hydrogen (secondary N) is 1. The summed E-state index contributed by atoms with van der Waals surface area (Å²) in [5.74, 6) is -1.45. The summed E-state index contributed by atoms with van der Waals surface area (Å²) in [6, 6.07) is 24.8. The molecule has 1 N–H and O–H groups in total. The lowest BCUT2D eigenvalue weighted by atomic mass is 10.0. The molecule has 0 radical (unpaired) electrons. The minimum Gasteiger partial charge on any atom is -0.350 e. The summed E-state index contributed by atoms with van der Waals surface area (Å²) >= 11 is 6.06. The number of carbonyl (C=O) groups is 2. The molecular formula is C36H39ClFN3O4S. The lowest BCUT2D eigenvalue weighted by Gasteiger charge is -2.35. The third-order valence-electron chi connectivity index (χ3n) is 7.49. The number of amides is 2. The summed E-state index contributed by atoms with van der Waals surface area (Å²) in [6.45, 7) is 8.65. The molecule has 4 aromatic carbocycles. The zero-order valence-corrected chi connectivity index (χ0v) is 28.2. The Balaban J connectivity index is 1.83. The van der Waals surface area contributed by atoms with E-state index >= 15 is 0 Å². The molecule has 0 aromatic heterocycles. The lowest BCUT2D eigenvalue weighted by Crippen LogP contribution is -2.56. The second-order valence-electron chi connectivity index (χ2n) is 12.3. The van der Waals surface area contributed by atoms with E-state index < -0.39 is 45.8 Å². The third kappa shape index (κ3) is 8.95. The highest BCUT2D eigenvalue weighted by Gasteiger charge is 2.35. The quantitative estimate of drug-likeness (QED) is 0.190. The van der Waals surface area contributed by atoms with Crippen molar-refractivity contribution in [3.05, 3.63) is 130 Å². The molecule has 0 bridgehead atoms. The zero-order chi connectivity index (χ0) is 33.6. The van der Waals surface area contributed by atoms with Gasteiger partial charge in [0, 0.05) is 23.5 Å². The smallest absolute Gasteiger partial charge is 0.264 e. The fourth-order valence-electron chi connectivity index (χ4n) is 4.94. The molecule has 0 unspecified atom stereocenters. The zero-order valence-electron chi connectivity index (χ0n) is 26.6. The van der Waals surface area contributed by atoms with Crippen molar-refractivity contribution in [2.45, 2.75) is 64.1 Å². The maximum absolute atomic E-state index is 14.5. The van der Waals surface area contributed by atoms with Gasteiger partial charge in [-0.1, -0.05) is 60.1 Å². The number of rotatable bonds is 11. The first-order valence-corrected chi connectivity index (χ1v) is 16.7. The predicted molar refractivity (Wildman–Crippen MR) is 181 cm³/mol. The van der Waals surface area contributed by atoms with E-state index in [-0.39, 0.29) is 17.9 Å². The van der Waals surface area contributed by atoms with Gasteiger partial charge in [-0.15, -0.1) is 0 Å². The van der Waals surface area contributed by atoms with Crippen molar-refractivity contribution < 1.29 is 22.4 Å². The van der Waals surface area contributed by atoms with Crippen molar-refractivity contribution in [1.29, 1.82) is 0 Å². The van der Waals surface area contributed by atoms with Crippen LogP contribution in [-0.2, 0) is 32.6 Å². The van der Waals surface area contributed by atoms with E-state index in [9.17, 15) is 22.4 Å². The summed E-state index contributed by atoms with van der Waals surface area (Å²) in [4.78, 5) is 29.8. The van der Waals surface area contributed by atoms with Gasteiger partial charge in [-0.05, 0) is 105 Å². The third-order valence-corrected chi connectivity index (χ3v) is 9.53. The highest BCUT2D eigenvalue weighted by atomic mass is 35.5. The molecule has 0 saturated heterocycles. The van der Waals surface area contributed by atoms with Crippen LogP contribution in [0.25, 0.3) is 0 Å². The second kappa shape index (κ2) is 14.5. The average Bonchev–Trinajstić information content (AvgIpc) is 2.99. The van der Waals surface area contributed by atoms with E-state index in [0.717, 1.165) is 21.0 Å². The Morgan fingerprint density at radius 1 is 0.848 bits per heavy atom. The highest BCUT2D eigenvalue weighted by Crippen LogP contribution is 2.28. The fourth-order valence-corrected chi connectivity index (χ4v) is 6.47. The van der Waals surface area contributed by atoms with Gasteiger partial charge in [0.05, 0.1) is 10.6 Å². The molecule has 242 valence electrons. The van der Waals surface area contributed by atoms with Crippen molar-refractivity contribution in [2.24, 2.45) is 0 Å². The largest absolute Gasteiger partial charge is 0.350 e. The summed E-state index contributed by atoms with van der Waals surface area (Å²) < 4.78 is 43.2. The molecule has 46 heavy (non-hydrogen) atoms. The molecule has 0 aliphatic carbocycles. The van der Waals surface area contributed by atoms with Crippen molar-refractivity contribution >= 4 is 39.1 Å². The van der Waals surface area contributed by atoms with Crippen LogP contribution in [0.2, 0.25) is 5.02 Å². The molecule has 4 aromatic rings. The van der Waals surface area contributed by atoms with Crippen molar-refractivity contribution in [1.82, 2.24) is 10.2 Å². The lowest BCUT2D eigenvalue weighted by molar-refractivity contribution is -0.140. The Labute approximate surface area is 276 Å². The van der Waals surface area contributed by atoms with Crippen LogP contribution in [0.5, 0.6) is 0 Å². The molecule has 0 spiro atoms. The van der Waals surface area contributed by atoms with Crippen LogP contribution in [0, 0.1) is 19.7 Å². The fraction of sp³-hybridized carbons (Fsp3) is 0.278. The minimum atomic E-state index is -4.26. The van der Waals surface area contributed by atoms with Crippen LogP contribution in [0.1, 0.15) is 43.0 Å². The van der Waals surface area contributed by atoms with E-state index in [1.165, 1.54) is 41.3 Å². The number of benzene rings is 4. The molecule has 0 heterocycles. The Morgan fingerprint density at radius 2 is 1.48 bits per heavy atom. The molecule has 10 heteroatoms. The van der Waals surface area contributed by atoms with Gasteiger partial charge in [-0.3, -0.25) is 13.9 Å². The van der Waals surface area contributed by atoms with Gasteiger partial charge in [0.25, 0.3) is 10.0 Å². The van der Waals surface area contributed by atoms with Gasteiger partial charge < -0.3 is 10.2 Å². The number of hydrogen-bond acceptors (Lipinski definition) is 4. The maximum Gasteiger partial charge on any atom is 0.264 e. The predicted octanol–water partition coefficient (Wildman–Crippen LogP) is 6.85. The van der Waals surface area contributed by atoms with E-state index in [4.69, 9.17) is 11.6 Å². The number of halogens is 2. The standard InChI is InChI=1S/C36H39ClFN3O4S/c1-25-11-18-31(21-26(25)2)41(46(44,45)32-19-14-29(37)15-20-32)24-34(42)40(23-28-12-16-30(38)17-13-28)33(35(43)39-36(3,4)5)22-27-9-7-6-8-10-27/h6-21,33H,22-24H2,1-5H3,(H,39,43)/t33-/m1/s1.